The SMILES string of the molecule is CC1c2cccn2CCN1C(=O)c1cccc(Oc2ccccc2)c1. The number of hydrogen-bond donors (Lipinski definition) is 0. The lowest BCUT2D eigenvalue weighted by atomic mass is 10.1. The Kier molecular flexibility index (Phi) is 4.02. The third-order valence-electron chi connectivity index (χ3n) is 4.66. The molecule has 0 N–H and O–H groups in total. The molecule has 4 nitrogen and oxygen atoms in total. The standard InChI is InChI=1S/C21H20N2O2/c1-16-20-11-6-12-22(20)13-14-23(16)21(24)17-7-5-10-19(15-17)25-18-8-3-2-4-9-18/h2-12,15-16H,13-14H2,1H3. The van der Waals surface area contributed by atoms with Crippen molar-refractivity contribution < 1.29 is 9.53 Å². The van der Waals surface area contributed by atoms with E-state index < -0.39 is 0 Å². The normalized spacial score (nSPS) is 16.4. The van der Waals surface area contributed by atoms with Crippen LogP contribution in [0.1, 0.15) is 29.0 Å². The third kappa shape index (κ3) is 3.03. The molecule has 25 heavy (non-hydrogen) atoms. The Hall–Kier alpha value is -3.01. The van der Waals surface area contributed by atoms with Crippen LogP contribution in [-0.2, 0) is 6.54 Å². The second-order valence-corrected chi connectivity index (χ2v) is 6.24. The molecule has 126 valence electrons. The zero-order valence-electron chi connectivity index (χ0n) is 14.1. The summed E-state index contributed by atoms with van der Waals surface area (Å²) < 4.78 is 8.06. The summed E-state index contributed by atoms with van der Waals surface area (Å²) in [6, 6.07) is 21.2. The topological polar surface area (TPSA) is 34.5 Å². The van der Waals surface area contributed by atoms with Crippen LogP contribution in [0.4, 0.5) is 0 Å². The first-order chi connectivity index (χ1) is 12.2. The van der Waals surface area contributed by atoms with Crippen LogP contribution in [0, 0.1) is 0 Å². The van der Waals surface area contributed by atoms with Crippen LogP contribution in [0.15, 0.2) is 72.9 Å². The van der Waals surface area contributed by atoms with Gasteiger partial charge in [0.25, 0.3) is 5.91 Å². The van der Waals surface area contributed by atoms with Gasteiger partial charge in [0.15, 0.2) is 0 Å². The van der Waals surface area contributed by atoms with E-state index in [0.717, 1.165) is 12.3 Å². The van der Waals surface area contributed by atoms with Crippen molar-refractivity contribution >= 4 is 5.91 Å². The van der Waals surface area contributed by atoms with Gasteiger partial charge in [0.2, 0.25) is 0 Å². The van der Waals surface area contributed by atoms with Gasteiger partial charge >= 0.3 is 0 Å². The van der Waals surface area contributed by atoms with Gasteiger partial charge in [-0.1, -0.05) is 24.3 Å². The van der Waals surface area contributed by atoms with Gasteiger partial charge < -0.3 is 14.2 Å². The number of hydrogen-bond acceptors (Lipinski definition) is 2. The van der Waals surface area contributed by atoms with E-state index in [1.807, 2.05) is 65.6 Å². The number of nitrogens with zero attached hydrogens (tertiary/aromatic N) is 2. The summed E-state index contributed by atoms with van der Waals surface area (Å²) in [5.74, 6) is 1.47. The highest BCUT2D eigenvalue weighted by Gasteiger charge is 2.28. The molecule has 0 spiro atoms. The van der Waals surface area contributed by atoms with Gasteiger partial charge in [-0.25, -0.2) is 0 Å². The molecule has 0 bridgehead atoms. The molecule has 1 unspecified atom stereocenters. The van der Waals surface area contributed by atoms with Crippen molar-refractivity contribution in [1.82, 2.24) is 9.47 Å². The highest BCUT2D eigenvalue weighted by Crippen LogP contribution is 2.28. The first kappa shape index (κ1) is 15.5. The van der Waals surface area contributed by atoms with Crippen LogP contribution < -0.4 is 4.74 Å². The second-order valence-electron chi connectivity index (χ2n) is 6.24. The van der Waals surface area contributed by atoms with E-state index in [-0.39, 0.29) is 11.9 Å². The fourth-order valence-corrected chi connectivity index (χ4v) is 3.34. The zero-order valence-corrected chi connectivity index (χ0v) is 14.1. The molecular weight excluding hydrogens is 312 g/mol. The first-order valence-electron chi connectivity index (χ1n) is 8.51. The number of para-hydroxylation sites is 1. The minimum atomic E-state index is 0.0402. The predicted octanol–water partition coefficient (Wildman–Crippen LogP) is 4.50. The number of benzene rings is 2. The molecule has 4 rings (SSSR count). The fraction of sp³-hybridized carbons (Fsp3) is 0.190. The van der Waals surface area contributed by atoms with Crippen LogP contribution in [0.2, 0.25) is 0 Å². The van der Waals surface area contributed by atoms with Gasteiger partial charge in [0.05, 0.1) is 6.04 Å². The third-order valence-corrected chi connectivity index (χ3v) is 4.66. The van der Waals surface area contributed by atoms with Crippen LogP contribution in [0.5, 0.6) is 11.5 Å². The maximum absolute atomic E-state index is 13.0. The summed E-state index contributed by atoms with van der Waals surface area (Å²) in [7, 11) is 0. The average molecular weight is 332 g/mol. The maximum Gasteiger partial charge on any atom is 0.254 e. The number of amides is 1. The molecule has 4 heteroatoms. The number of rotatable bonds is 3. The Morgan fingerprint density at radius 1 is 0.960 bits per heavy atom. The summed E-state index contributed by atoms with van der Waals surface area (Å²) in [5, 5.41) is 0. The van der Waals surface area contributed by atoms with Crippen molar-refractivity contribution in [3.63, 3.8) is 0 Å². The minimum absolute atomic E-state index is 0.0402. The van der Waals surface area contributed by atoms with Gasteiger partial charge in [-0.15, -0.1) is 0 Å². The zero-order chi connectivity index (χ0) is 17.2. The van der Waals surface area contributed by atoms with Crippen molar-refractivity contribution in [1.29, 1.82) is 0 Å². The quantitative estimate of drug-likeness (QED) is 0.708. The molecule has 1 amide bonds. The smallest absolute Gasteiger partial charge is 0.254 e. The molecule has 0 fully saturated rings. The minimum Gasteiger partial charge on any atom is -0.457 e. The molecule has 1 aliphatic rings. The summed E-state index contributed by atoms with van der Waals surface area (Å²) in [5.41, 5.74) is 1.83. The van der Waals surface area contributed by atoms with Gasteiger partial charge in [-0.3, -0.25) is 4.79 Å². The highest BCUT2D eigenvalue weighted by molar-refractivity contribution is 5.95. The van der Waals surface area contributed by atoms with Crippen molar-refractivity contribution in [2.75, 3.05) is 6.54 Å². The first-order valence-corrected chi connectivity index (χ1v) is 8.51. The number of carbonyl (C=O) groups excluding carboxylic acids is 1. The Morgan fingerprint density at radius 2 is 1.76 bits per heavy atom. The van der Waals surface area contributed by atoms with Gasteiger partial charge in [-0.05, 0) is 49.4 Å². The number of aromatic nitrogens is 1. The molecule has 0 radical (unpaired) electrons. The summed E-state index contributed by atoms with van der Waals surface area (Å²) in [4.78, 5) is 14.9. The summed E-state index contributed by atoms with van der Waals surface area (Å²) in [6.07, 6.45) is 2.07. The van der Waals surface area contributed by atoms with Gasteiger partial charge in [0.1, 0.15) is 11.5 Å². The molecule has 1 atom stereocenters. The summed E-state index contributed by atoms with van der Waals surface area (Å²) in [6.45, 7) is 3.62. The van der Waals surface area contributed by atoms with E-state index in [0.29, 0.717) is 17.9 Å². The Labute approximate surface area is 147 Å². The number of ether oxygens (including phenoxy) is 1. The Bertz CT molecular complexity index is 886. The molecule has 1 aliphatic heterocycles. The van der Waals surface area contributed by atoms with Gasteiger partial charge in [0, 0.05) is 30.5 Å². The molecule has 0 aliphatic carbocycles. The number of carbonyl (C=O) groups is 1. The van der Waals surface area contributed by atoms with Crippen molar-refractivity contribution in [2.24, 2.45) is 0 Å². The van der Waals surface area contributed by atoms with E-state index >= 15 is 0 Å². The molecular formula is C21H20N2O2. The van der Waals surface area contributed by atoms with Crippen LogP contribution >= 0.6 is 0 Å². The van der Waals surface area contributed by atoms with E-state index in [1.165, 1.54) is 5.69 Å². The molecule has 0 saturated heterocycles. The lowest BCUT2D eigenvalue weighted by Crippen LogP contribution is -2.40. The van der Waals surface area contributed by atoms with E-state index in [2.05, 4.69) is 23.8 Å². The Morgan fingerprint density at radius 3 is 2.60 bits per heavy atom. The largest absolute Gasteiger partial charge is 0.457 e. The van der Waals surface area contributed by atoms with Crippen molar-refractivity contribution in [3.05, 3.63) is 84.2 Å². The van der Waals surface area contributed by atoms with E-state index in [1.54, 1.807) is 0 Å². The lowest BCUT2D eigenvalue weighted by molar-refractivity contribution is 0.0643. The van der Waals surface area contributed by atoms with Gasteiger partial charge in [-0.2, -0.15) is 0 Å². The van der Waals surface area contributed by atoms with Crippen LogP contribution in [0.25, 0.3) is 0 Å². The van der Waals surface area contributed by atoms with Crippen molar-refractivity contribution in [2.45, 2.75) is 19.5 Å². The Balaban J connectivity index is 1.56. The van der Waals surface area contributed by atoms with E-state index in [4.69, 9.17) is 4.74 Å². The molecule has 2 heterocycles. The molecule has 0 saturated carbocycles. The lowest BCUT2D eigenvalue weighted by Gasteiger charge is -2.35. The second kappa shape index (κ2) is 6.48. The average Bonchev–Trinajstić information content (AvgIpc) is 3.12. The van der Waals surface area contributed by atoms with E-state index in [9.17, 15) is 4.79 Å². The molecule has 3 aromatic rings. The fourth-order valence-electron chi connectivity index (χ4n) is 3.34. The highest BCUT2D eigenvalue weighted by atomic mass is 16.5. The monoisotopic (exact) mass is 332 g/mol. The maximum atomic E-state index is 13.0. The van der Waals surface area contributed by atoms with Crippen molar-refractivity contribution in [3.8, 4) is 11.5 Å². The van der Waals surface area contributed by atoms with Crippen LogP contribution in [-0.4, -0.2) is 21.9 Å². The molecule has 2 aromatic carbocycles. The van der Waals surface area contributed by atoms with Crippen LogP contribution in [0.3, 0.4) is 0 Å². The summed E-state index contributed by atoms with van der Waals surface area (Å²) >= 11 is 0. The number of fused-ring (bicyclic) bond motifs is 1. The predicted molar refractivity (Wildman–Crippen MR) is 96.8 cm³/mol. The molecule has 1 aromatic heterocycles.